The Kier molecular flexibility index (Phi) is 9.89. The summed E-state index contributed by atoms with van der Waals surface area (Å²) in [5.74, 6) is -1.87. The van der Waals surface area contributed by atoms with E-state index in [4.69, 9.17) is 9.57 Å². The summed E-state index contributed by atoms with van der Waals surface area (Å²) in [5, 5.41) is 13.3. The van der Waals surface area contributed by atoms with Crippen LogP contribution in [0.3, 0.4) is 0 Å². The fraction of sp³-hybridized carbons (Fsp3) is 0.321. The van der Waals surface area contributed by atoms with Crippen LogP contribution in [0, 0.1) is 0 Å². The van der Waals surface area contributed by atoms with Gasteiger partial charge in [0.25, 0.3) is 5.91 Å². The summed E-state index contributed by atoms with van der Waals surface area (Å²) in [6, 6.07) is 13.1. The average molecular weight is 563 g/mol. The quantitative estimate of drug-likeness (QED) is 0.349. The van der Waals surface area contributed by atoms with Crippen LogP contribution in [0.4, 0.5) is 4.79 Å². The fourth-order valence-electron chi connectivity index (χ4n) is 4.18. The molecule has 0 radical (unpaired) electrons. The second kappa shape index (κ2) is 13.9. The maximum absolute atomic E-state index is 13.5. The first-order valence-corrected chi connectivity index (χ1v) is 13.1. The Bertz CT molecular complexity index is 1310. The van der Waals surface area contributed by atoms with Crippen molar-refractivity contribution in [2.75, 3.05) is 32.8 Å². The molecule has 1 aliphatic rings. The highest BCUT2D eigenvalue weighted by Crippen LogP contribution is 2.22. The molecule has 214 valence electrons. The number of pyridine rings is 1. The molecule has 0 saturated carbocycles. The minimum absolute atomic E-state index is 0.0199. The van der Waals surface area contributed by atoms with E-state index in [1.54, 1.807) is 31.5 Å². The molecule has 13 nitrogen and oxygen atoms in total. The van der Waals surface area contributed by atoms with Gasteiger partial charge in [-0.2, -0.15) is 0 Å². The SMILES string of the molecule is CCOC(=O)ON1CCN(C(=O)[C@H](CCC(=O)O)NC(=O)c2cc(-c3ccncc3)nc(-c3ccccc3)n2)CC1. The summed E-state index contributed by atoms with van der Waals surface area (Å²) in [6.07, 6.45) is 1.94. The maximum atomic E-state index is 13.5. The smallest absolute Gasteiger partial charge is 0.481 e. The topological polar surface area (TPSA) is 164 Å². The largest absolute Gasteiger partial charge is 0.527 e. The zero-order valence-corrected chi connectivity index (χ0v) is 22.4. The monoisotopic (exact) mass is 562 g/mol. The van der Waals surface area contributed by atoms with Crippen LogP contribution in [0.1, 0.15) is 30.3 Å². The molecule has 1 fully saturated rings. The number of aliphatic carboxylic acids is 1. The molecular weight excluding hydrogens is 532 g/mol. The Morgan fingerprint density at radius 2 is 1.68 bits per heavy atom. The number of carbonyl (C=O) groups is 4. The number of hydrogen-bond acceptors (Lipinski definition) is 10. The number of aromatic nitrogens is 3. The van der Waals surface area contributed by atoms with Crippen LogP contribution in [0.5, 0.6) is 0 Å². The molecule has 0 unspecified atom stereocenters. The van der Waals surface area contributed by atoms with Crippen LogP contribution in [-0.2, 0) is 19.2 Å². The van der Waals surface area contributed by atoms with Crippen LogP contribution in [-0.4, -0.2) is 92.8 Å². The highest BCUT2D eigenvalue weighted by Gasteiger charge is 2.31. The van der Waals surface area contributed by atoms with Crippen molar-refractivity contribution in [3.05, 3.63) is 66.6 Å². The molecule has 1 aromatic carbocycles. The van der Waals surface area contributed by atoms with Crippen LogP contribution in [0.15, 0.2) is 60.9 Å². The number of ether oxygens (including phenoxy) is 1. The number of piperazine rings is 1. The number of carboxylic acid groups (broad SMARTS) is 1. The Hall–Kier alpha value is -4.91. The number of benzene rings is 1. The second-order valence-electron chi connectivity index (χ2n) is 9.05. The van der Waals surface area contributed by atoms with E-state index in [0.717, 1.165) is 5.56 Å². The Balaban J connectivity index is 1.54. The molecule has 1 atom stereocenters. The molecule has 13 heteroatoms. The molecular formula is C28H30N6O7. The standard InChI is InChI=1S/C28H30N6O7/c1-2-40-28(39)41-34-16-14-33(15-17-34)27(38)21(8-9-24(35)36)32-26(37)23-18-22(19-10-12-29-13-11-19)30-25(31-23)20-6-4-3-5-7-20/h3-7,10-13,18,21H,2,8-9,14-17H2,1H3,(H,32,37)(H,35,36)/t21-/m0/s1. The lowest BCUT2D eigenvalue weighted by Gasteiger charge is -2.35. The van der Waals surface area contributed by atoms with Crippen molar-refractivity contribution in [2.45, 2.75) is 25.8 Å². The van der Waals surface area contributed by atoms with Crippen molar-refractivity contribution >= 4 is 23.9 Å². The van der Waals surface area contributed by atoms with E-state index < -0.39 is 30.0 Å². The molecule has 0 aliphatic carbocycles. The Labute approximate surface area is 236 Å². The third kappa shape index (κ3) is 8.05. The number of amides is 2. The average Bonchev–Trinajstić information content (AvgIpc) is 3.00. The Morgan fingerprint density at radius 1 is 0.976 bits per heavy atom. The van der Waals surface area contributed by atoms with Gasteiger partial charge < -0.3 is 24.9 Å². The lowest BCUT2D eigenvalue weighted by atomic mass is 10.1. The third-order valence-electron chi connectivity index (χ3n) is 6.23. The molecule has 1 aliphatic heterocycles. The molecule has 2 amide bonds. The second-order valence-corrected chi connectivity index (χ2v) is 9.05. The van der Waals surface area contributed by atoms with E-state index in [9.17, 15) is 24.3 Å². The lowest BCUT2D eigenvalue weighted by Crippen LogP contribution is -2.55. The third-order valence-corrected chi connectivity index (χ3v) is 6.23. The molecule has 41 heavy (non-hydrogen) atoms. The van der Waals surface area contributed by atoms with Crippen molar-refractivity contribution < 1.29 is 33.9 Å². The van der Waals surface area contributed by atoms with Gasteiger partial charge in [-0.05, 0) is 31.5 Å². The Morgan fingerprint density at radius 3 is 2.34 bits per heavy atom. The summed E-state index contributed by atoms with van der Waals surface area (Å²) >= 11 is 0. The molecule has 4 rings (SSSR count). The van der Waals surface area contributed by atoms with Gasteiger partial charge in [-0.15, -0.1) is 5.06 Å². The zero-order chi connectivity index (χ0) is 29.2. The van der Waals surface area contributed by atoms with E-state index in [2.05, 4.69) is 20.3 Å². The number of nitrogens with zero attached hydrogens (tertiary/aromatic N) is 5. The predicted octanol–water partition coefficient (Wildman–Crippen LogP) is 2.40. The fourth-order valence-corrected chi connectivity index (χ4v) is 4.18. The van der Waals surface area contributed by atoms with Crippen LogP contribution in [0.25, 0.3) is 22.6 Å². The van der Waals surface area contributed by atoms with Crippen molar-refractivity contribution in [2.24, 2.45) is 0 Å². The molecule has 2 aromatic heterocycles. The van der Waals surface area contributed by atoms with E-state index in [1.807, 2.05) is 30.3 Å². The van der Waals surface area contributed by atoms with Crippen LogP contribution in [0.2, 0.25) is 0 Å². The van der Waals surface area contributed by atoms with Gasteiger partial charge >= 0.3 is 12.1 Å². The number of carbonyl (C=O) groups excluding carboxylic acids is 3. The van der Waals surface area contributed by atoms with Gasteiger partial charge in [0.1, 0.15) is 11.7 Å². The number of rotatable bonds is 10. The normalized spacial score (nSPS) is 14.1. The van der Waals surface area contributed by atoms with Gasteiger partial charge in [-0.3, -0.25) is 19.4 Å². The highest BCUT2D eigenvalue weighted by atomic mass is 16.8. The van der Waals surface area contributed by atoms with Crippen molar-refractivity contribution in [3.63, 3.8) is 0 Å². The predicted molar refractivity (Wildman–Crippen MR) is 145 cm³/mol. The molecule has 3 aromatic rings. The van der Waals surface area contributed by atoms with E-state index in [-0.39, 0.29) is 51.3 Å². The summed E-state index contributed by atoms with van der Waals surface area (Å²) in [7, 11) is 0. The van der Waals surface area contributed by atoms with Gasteiger partial charge in [-0.1, -0.05) is 30.3 Å². The first-order chi connectivity index (χ1) is 19.8. The molecule has 3 heterocycles. The summed E-state index contributed by atoms with van der Waals surface area (Å²) < 4.78 is 4.77. The van der Waals surface area contributed by atoms with Gasteiger partial charge in [-0.25, -0.2) is 14.8 Å². The van der Waals surface area contributed by atoms with Gasteiger partial charge in [0.2, 0.25) is 5.91 Å². The number of carboxylic acids is 1. The summed E-state index contributed by atoms with van der Waals surface area (Å²) in [6.45, 7) is 2.70. The van der Waals surface area contributed by atoms with E-state index in [0.29, 0.717) is 17.1 Å². The van der Waals surface area contributed by atoms with E-state index in [1.165, 1.54) is 16.0 Å². The van der Waals surface area contributed by atoms with Crippen LogP contribution < -0.4 is 5.32 Å². The maximum Gasteiger partial charge on any atom is 0.527 e. The zero-order valence-electron chi connectivity index (χ0n) is 22.4. The number of hydrogen-bond donors (Lipinski definition) is 2. The molecule has 2 N–H and O–H groups in total. The van der Waals surface area contributed by atoms with Gasteiger partial charge in [0.05, 0.1) is 25.4 Å². The first kappa shape index (κ1) is 29.1. The van der Waals surface area contributed by atoms with Gasteiger partial charge in [0.15, 0.2) is 5.82 Å². The van der Waals surface area contributed by atoms with Crippen molar-refractivity contribution in [3.8, 4) is 22.6 Å². The lowest BCUT2D eigenvalue weighted by molar-refractivity contribution is -0.157. The minimum Gasteiger partial charge on any atom is -0.481 e. The van der Waals surface area contributed by atoms with E-state index >= 15 is 0 Å². The summed E-state index contributed by atoms with van der Waals surface area (Å²) in [5.41, 5.74) is 1.91. The number of hydroxylamine groups is 2. The molecule has 0 spiro atoms. The van der Waals surface area contributed by atoms with Gasteiger partial charge in [0, 0.05) is 43.0 Å². The number of nitrogens with one attached hydrogen (secondary N) is 1. The molecule has 0 bridgehead atoms. The van der Waals surface area contributed by atoms with Crippen molar-refractivity contribution in [1.29, 1.82) is 0 Å². The van der Waals surface area contributed by atoms with Crippen molar-refractivity contribution in [1.82, 2.24) is 30.2 Å². The summed E-state index contributed by atoms with van der Waals surface area (Å²) in [4.78, 5) is 69.5. The van der Waals surface area contributed by atoms with Crippen LogP contribution >= 0.6 is 0 Å². The first-order valence-electron chi connectivity index (χ1n) is 13.1. The highest BCUT2D eigenvalue weighted by molar-refractivity contribution is 5.97. The minimum atomic E-state index is -1.12. The molecule has 1 saturated heterocycles.